The Bertz CT molecular complexity index is 1010. The first-order valence-corrected chi connectivity index (χ1v) is 9.80. The van der Waals surface area contributed by atoms with Crippen LogP contribution in [0.4, 0.5) is 5.69 Å². The minimum absolute atomic E-state index is 0.219. The smallest absolute Gasteiger partial charge is 0.237 e. The number of amides is 1. The molecule has 3 rings (SSSR count). The Morgan fingerprint density at radius 1 is 1.25 bits per heavy atom. The fraction of sp³-hybridized carbons (Fsp3) is 0.167. The number of aromatic nitrogens is 3. The molecule has 0 spiro atoms. The first-order chi connectivity index (χ1) is 13.4. The van der Waals surface area contributed by atoms with Gasteiger partial charge >= 0.3 is 0 Å². The normalized spacial score (nSPS) is 11.9. The molecule has 3 aromatic rings. The van der Waals surface area contributed by atoms with Crippen LogP contribution in [0.5, 0.6) is 5.75 Å². The van der Waals surface area contributed by atoms with Gasteiger partial charge in [-0.3, -0.25) is 4.79 Å². The van der Waals surface area contributed by atoms with Crippen LogP contribution in [0.15, 0.2) is 47.6 Å². The summed E-state index contributed by atoms with van der Waals surface area (Å²) in [5, 5.41) is 11.8. The second kappa shape index (κ2) is 8.72. The standard InChI is InChI=1S/C18H17Cl2N5O2S/c1-10(17(26)22-14-5-3-4-6-15(14)27-2)28-18-24-23-16(25(18)21)12-8-7-11(19)9-13(12)20/h3-10H,21H2,1-2H3,(H,22,26). The van der Waals surface area contributed by atoms with Gasteiger partial charge in [0, 0.05) is 10.6 Å². The summed E-state index contributed by atoms with van der Waals surface area (Å²) >= 11 is 13.3. The molecule has 10 heteroatoms. The fourth-order valence-corrected chi connectivity index (χ4v) is 3.67. The van der Waals surface area contributed by atoms with Gasteiger partial charge in [-0.05, 0) is 37.3 Å². The number of anilines is 1. The zero-order valence-electron chi connectivity index (χ0n) is 15.0. The number of nitrogens with zero attached hydrogens (tertiary/aromatic N) is 3. The van der Waals surface area contributed by atoms with Crippen LogP contribution in [0.3, 0.4) is 0 Å². The van der Waals surface area contributed by atoms with Crippen LogP contribution >= 0.6 is 35.0 Å². The van der Waals surface area contributed by atoms with E-state index in [-0.39, 0.29) is 5.91 Å². The van der Waals surface area contributed by atoms with E-state index in [4.69, 9.17) is 33.8 Å². The lowest BCUT2D eigenvalue weighted by molar-refractivity contribution is -0.115. The van der Waals surface area contributed by atoms with Crippen LogP contribution in [0.2, 0.25) is 10.0 Å². The van der Waals surface area contributed by atoms with Crippen LogP contribution in [0.1, 0.15) is 6.92 Å². The highest BCUT2D eigenvalue weighted by Crippen LogP contribution is 2.31. The monoisotopic (exact) mass is 437 g/mol. The van der Waals surface area contributed by atoms with Crippen molar-refractivity contribution in [2.75, 3.05) is 18.3 Å². The predicted octanol–water partition coefficient (Wildman–Crippen LogP) is 4.09. The molecule has 1 heterocycles. The molecule has 0 aliphatic heterocycles. The minimum Gasteiger partial charge on any atom is -0.495 e. The second-order valence-electron chi connectivity index (χ2n) is 5.75. The largest absolute Gasteiger partial charge is 0.495 e. The molecule has 0 saturated carbocycles. The SMILES string of the molecule is COc1ccccc1NC(=O)C(C)Sc1nnc(-c2ccc(Cl)cc2Cl)n1N. The number of nitrogens with one attached hydrogen (secondary N) is 1. The van der Waals surface area contributed by atoms with Crippen LogP contribution in [0, 0.1) is 0 Å². The molecule has 1 aromatic heterocycles. The zero-order valence-corrected chi connectivity index (χ0v) is 17.3. The number of thioether (sulfide) groups is 1. The summed E-state index contributed by atoms with van der Waals surface area (Å²) in [6.45, 7) is 1.75. The first kappa shape index (κ1) is 20.3. The van der Waals surface area contributed by atoms with Crippen molar-refractivity contribution in [1.29, 1.82) is 0 Å². The number of rotatable bonds is 6. The molecular weight excluding hydrogens is 421 g/mol. The fourth-order valence-electron chi connectivity index (χ4n) is 2.41. The van der Waals surface area contributed by atoms with Gasteiger partial charge in [0.15, 0.2) is 5.82 Å². The van der Waals surface area contributed by atoms with Gasteiger partial charge in [0.25, 0.3) is 0 Å². The van der Waals surface area contributed by atoms with E-state index in [0.717, 1.165) is 0 Å². The zero-order chi connectivity index (χ0) is 20.3. The third kappa shape index (κ3) is 4.35. The van der Waals surface area contributed by atoms with Gasteiger partial charge in [-0.2, -0.15) is 0 Å². The van der Waals surface area contributed by atoms with E-state index in [1.165, 1.54) is 16.4 Å². The molecule has 7 nitrogen and oxygen atoms in total. The van der Waals surface area contributed by atoms with Gasteiger partial charge in [-0.25, -0.2) is 4.68 Å². The van der Waals surface area contributed by atoms with Crippen LogP contribution in [0.25, 0.3) is 11.4 Å². The molecule has 146 valence electrons. The van der Waals surface area contributed by atoms with E-state index in [9.17, 15) is 4.79 Å². The van der Waals surface area contributed by atoms with Crippen LogP contribution < -0.4 is 15.9 Å². The molecule has 0 aliphatic rings. The maximum absolute atomic E-state index is 12.5. The summed E-state index contributed by atoms with van der Waals surface area (Å²) in [4.78, 5) is 12.5. The van der Waals surface area contributed by atoms with Gasteiger partial charge in [0.1, 0.15) is 5.75 Å². The summed E-state index contributed by atoms with van der Waals surface area (Å²) in [5.74, 6) is 6.85. The lowest BCUT2D eigenvalue weighted by Crippen LogP contribution is -2.24. The Hall–Kier alpha value is -2.42. The highest BCUT2D eigenvalue weighted by molar-refractivity contribution is 8.00. The van der Waals surface area contributed by atoms with Crippen molar-refractivity contribution in [2.45, 2.75) is 17.3 Å². The van der Waals surface area contributed by atoms with Crippen LogP contribution in [-0.2, 0) is 4.79 Å². The van der Waals surface area contributed by atoms with Crippen molar-refractivity contribution >= 4 is 46.6 Å². The van der Waals surface area contributed by atoms with E-state index in [1.54, 1.807) is 44.4 Å². The van der Waals surface area contributed by atoms with Crippen molar-refractivity contribution in [3.8, 4) is 17.1 Å². The Labute approximate surface area is 176 Å². The third-order valence-electron chi connectivity index (χ3n) is 3.85. The Morgan fingerprint density at radius 3 is 2.71 bits per heavy atom. The summed E-state index contributed by atoms with van der Waals surface area (Å²) in [6, 6.07) is 12.2. The summed E-state index contributed by atoms with van der Waals surface area (Å²) < 4.78 is 6.54. The van der Waals surface area contributed by atoms with Gasteiger partial charge in [0.05, 0.1) is 23.1 Å². The number of nitrogen functional groups attached to an aromatic ring is 1. The number of hydrogen-bond donors (Lipinski definition) is 2. The van der Waals surface area contributed by atoms with Crippen molar-refractivity contribution in [1.82, 2.24) is 14.9 Å². The molecule has 1 atom stereocenters. The average Bonchev–Trinajstić information content (AvgIpc) is 3.02. The van der Waals surface area contributed by atoms with Crippen molar-refractivity contribution < 1.29 is 9.53 Å². The minimum atomic E-state index is -0.482. The van der Waals surface area contributed by atoms with Gasteiger partial charge < -0.3 is 15.9 Å². The number of para-hydroxylation sites is 2. The number of carbonyl (C=O) groups excluding carboxylic acids is 1. The number of halogens is 2. The van der Waals surface area contributed by atoms with Crippen LogP contribution in [-0.4, -0.2) is 33.1 Å². The van der Waals surface area contributed by atoms with Gasteiger partial charge in [0.2, 0.25) is 11.1 Å². The molecule has 0 fully saturated rings. The number of methoxy groups -OCH3 is 1. The van der Waals surface area contributed by atoms with Gasteiger partial charge in [-0.1, -0.05) is 47.1 Å². The number of nitrogens with two attached hydrogens (primary N) is 1. The van der Waals surface area contributed by atoms with E-state index < -0.39 is 5.25 Å². The van der Waals surface area contributed by atoms with E-state index in [1.807, 2.05) is 12.1 Å². The van der Waals surface area contributed by atoms with Gasteiger partial charge in [-0.15, -0.1) is 10.2 Å². The highest BCUT2D eigenvalue weighted by Gasteiger charge is 2.21. The van der Waals surface area contributed by atoms with E-state index in [2.05, 4.69) is 15.5 Å². The molecule has 0 saturated heterocycles. The summed E-state index contributed by atoms with van der Waals surface area (Å²) in [5.41, 5.74) is 1.18. The molecule has 1 unspecified atom stereocenters. The molecular formula is C18H17Cl2N5O2S. The Balaban J connectivity index is 1.75. The molecule has 1 amide bonds. The molecule has 0 bridgehead atoms. The lowest BCUT2D eigenvalue weighted by atomic mass is 10.2. The number of ether oxygens (including phenoxy) is 1. The Kier molecular flexibility index (Phi) is 6.33. The van der Waals surface area contributed by atoms with Crippen molar-refractivity contribution in [2.24, 2.45) is 0 Å². The number of benzene rings is 2. The third-order valence-corrected chi connectivity index (χ3v) is 5.46. The summed E-state index contributed by atoms with van der Waals surface area (Å²) in [7, 11) is 1.55. The predicted molar refractivity (Wildman–Crippen MR) is 113 cm³/mol. The lowest BCUT2D eigenvalue weighted by Gasteiger charge is -2.13. The van der Waals surface area contributed by atoms with E-state index in [0.29, 0.717) is 38.0 Å². The first-order valence-electron chi connectivity index (χ1n) is 8.17. The summed E-state index contributed by atoms with van der Waals surface area (Å²) in [6.07, 6.45) is 0. The number of carbonyl (C=O) groups is 1. The second-order valence-corrected chi connectivity index (χ2v) is 7.90. The molecule has 3 N–H and O–H groups in total. The molecule has 28 heavy (non-hydrogen) atoms. The van der Waals surface area contributed by atoms with Crippen molar-refractivity contribution in [3.05, 3.63) is 52.5 Å². The molecule has 0 radical (unpaired) electrons. The average molecular weight is 438 g/mol. The molecule has 0 aliphatic carbocycles. The maximum atomic E-state index is 12.5. The maximum Gasteiger partial charge on any atom is 0.237 e. The number of hydrogen-bond acceptors (Lipinski definition) is 6. The van der Waals surface area contributed by atoms with E-state index >= 15 is 0 Å². The topological polar surface area (TPSA) is 95.1 Å². The quantitative estimate of drug-likeness (QED) is 0.445. The van der Waals surface area contributed by atoms with Crippen molar-refractivity contribution in [3.63, 3.8) is 0 Å². The molecule has 2 aromatic carbocycles. The Morgan fingerprint density at radius 2 is 2.00 bits per heavy atom. The highest BCUT2D eigenvalue weighted by atomic mass is 35.5.